The van der Waals surface area contributed by atoms with Crippen LogP contribution < -0.4 is 9.64 Å². The number of likely N-dealkylation sites (tertiary alicyclic amines) is 1. The lowest BCUT2D eigenvalue weighted by Gasteiger charge is -2.50. The molecule has 2 aliphatic rings. The minimum Gasteiger partial charge on any atom is -0.497 e. The molecule has 1 unspecified atom stereocenters. The topological polar surface area (TPSA) is 33.9 Å². The molecule has 0 bridgehead atoms. The molecular formula is C25H32NO2+. The Kier molecular flexibility index (Phi) is 5.84. The molecule has 3 nitrogen and oxygen atoms in total. The van der Waals surface area contributed by atoms with Gasteiger partial charge in [-0.1, -0.05) is 49.2 Å². The fourth-order valence-corrected chi connectivity index (χ4v) is 5.27. The monoisotopic (exact) mass is 378 g/mol. The zero-order valence-corrected chi connectivity index (χ0v) is 16.8. The molecule has 0 amide bonds. The van der Waals surface area contributed by atoms with E-state index in [2.05, 4.69) is 66.7 Å². The number of rotatable bonds is 5. The highest BCUT2D eigenvalue weighted by Gasteiger charge is 2.51. The zero-order chi connectivity index (χ0) is 19.4. The van der Waals surface area contributed by atoms with E-state index in [4.69, 9.17) is 4.74 Å². The van der Waals surface area contributed by atoms with E-state index in [0.717, 1.165) is 44.5 Å². The first-order chi connectivity index (χ1) is 13.7. The predicted octanol–water partition coefficient (Wildman–Crippen LogP) is 3.66. The van der Waals surface area contributed by atoms with Gasteiger partial charge in [0.2, 0.25) is 0 Å². The van der Waals surface area contributed by atoms with Gasteiger partial charge in [-0.05, 0) is 48.7 Å². The molecule has 0 spiro atoms. The molecule has 2 fully saturated rings. The lowest BCUT2D eigenvalue weighted by atomic mass is 9.66. The molecule has 3 heteroatoms. The third-order valence-electron chi connectivity index (χ3n) is 6.75. The Morgan fingerprint density at radius 3 is 2.61 bits per heavy atom. The fraction of sp³-hybridized carbons (Fsp3) is 0.440. The van der Waals surface area contributed by atoms with Gasteiger partial charge in [-0.25, -0.2) is 0 Å². The summed E-state index contributed by atoms with van der Waals surface area (Å²) < 4.78 is 5.36. The van der Waals surface area contributed by atoms with Crippen molar-refractivity contribution in [2.75, 3.05) is 20.2 Å². The largest absolute Gasteiger partial charge is 0.497 e. The van der Waals surface area contributed by atoms with Gasteiger partial charge in [-0.2, -0.15) is 0 Å². The van der Waals surface area contributed by atoms with Crippen LogP contribution in [0.4, 0.5) is 0 Å². The average Bonchev–Trinajstić information content (AvgIpc) is 2.74. The van der Waals surface area contributed by atoms with Crippen molar-refractivity contribution in [1.29, 1.82) is 0 Å². The van der Waals surface area contributed by atoms with Crippen molar-refractivity contribution in [3.63, 3.8) is 0 Å². The highest BCUT2D eigenvalue weighted by molar-refractivity contribution is 5.48. The summed E-state index contributed by atoms with van der Waals surface area (Å²) in [5.74, 6) is 1.23. The molecule has 1 saturated carbocycles. The van der Waals surface area contributed by atoms with Gasteiger partial charge in [0.25, 0.3) is 0 Å². The van der Waals surface area contributed by atoms with Crippen LogP contribution in [0.1, 0.15) is 49.3 Å². The van der Waals surface area contributed by atoms with E-state index in [0.29, 0.717) is 12.0 Å². The quantitative estimate of drug-likeness (QED) is 0.833. The maximum Gasteiger partial charge on any atom is 0.119 e. The summed E-state index contributed by atoms with van der Waals surface area (Å²) in [6, 6.07) is 19.3. The number of nitrogens with one attached hydrogen (secondary N) is 1. The van der Waals surface area contributed by atoms with Crippen LogP contribution in [0.25, 0.3) is 6.08 Å². The van der Waals surface area contributed by atoms with Crippen LogP contribution in [0.2, 0.25) is 0 Å². The van der Waals surface area contributed by atoms with E-state index >= 15 is 0 Å². The van der Waals surface area contributed by atoms with Gasteiger partial charge < -0.3 is 14.7 Å². The van der Waals surface area contributed by atoms with E-state index in [1.54, 1.807) is 12.0 Å². The van der Waals surface area contributed by atoms with Crippen molar-refractivity contribution < 1.29 is 14.7 Å². The standard InChI is InChI=1S/C25H31NO2/c1-28-22-14-12-21(13-15-22)24-23-11-5-6-16-25(23,27)17-19-26(24)18-7-10-20-8-3-2-4-9-20/h2-4,7-10,12-15,23-24,27H,5-6,11,16-19H2,1H3/p+1/b10-7+/t23-,24+,25+/m0/s1. The van der Waals surface area contributed by atoms with Crippen LogP contribution in [0, 0.1) is 5.92 Å². The van der Waals surface area contributed by atoms with E-state index in [9.17, 15) is 5.11 Å². The Labute approximate surface area is 168 Å². The Morgan fingerprint density at radius 1 is 1.07 bits per heavy atom. The number of piperidine rings is 1. The van der Waals surface area contributed by atoms with E-state index in [1.165, 1.54) is 17.5 Å². The summed E-state index contributed by atoms with van der Waals surface area (Å²) in [7, 11) is 1.71. The van der Waals surface area contributed by atoms with Gasteiger partial charge >= 0.3 is 0 Å². The van der Waals surface area contributed by atoms with Gasteiger partial charge in [0, 0.05) is 17.9 Å². The van der Waals surface area contributed by atoms with Crippen LogP contribution in [-0.4, -0.2) is 30.9 Å². The molecule has 148 valence electrons. The number of ether oxygens (including phenoxy) is 1. The second-order valence-electron chi connectivity index (χ2n) is 8.38. The summed E-state index contributed by atoms with van der Waals surface area (Å²) >= 11 is 0. The fourth-order valence-electron chi connectivity index (χ4n) is 5.27. The molecule has 1 aliphatic carbocycles. The number of hydrogen-bond donors (Lipinski definition) is 2. The van der Waals surface area contributed by atoms with E-state index in [1.807, 2.05) is 0 Å². The first-order valence-electron chi connectivity index (χ1n) is 10.6. The van der Waals surface area contributed by atoms with Gasteiger partial charge in [-0.3, -0.25) is 0 Å². The average molecular weight is 379 g/mol. The van der Waals surface area contributed by atoms with Crippen LogP contribution >= 0.6 is 0 Å². The zero-order valence-electron chi connectivity index (χ0n) is 16.8. The number of aliphatic hydroxyl groups is 1. The Hall–Kier alpha value is -2.10. The van der Waals surface area contributed by atoms with Crippen molar-refractivity contribution in [2.24, 2.45) is 5.92 Å². The van der Waals surface area contributed by atoms with Crippen molar-refractivity contribution in [3.05, 3.63) is 71.8 Å². The maximum absolute atomic E-state index is 11.4. The smallest absolute Gasteiger partial charge is 0.119 e. The van der Waals surface area contributed by atoms with Crippen molar-refractivity contribution in [2.45, 2.75) is 43.7 Å². The minimum absolute atomic E-state index is 0.337. The molecule has 2 aromatic carbocycles. The van der Waals surface area contributed by atoms with Crippen molar-refractivity contribution >= 4 is 6.08 Å². The molecule has 0 radical (unpaired) electrons. The van der Waals surface area contributed by atoms with Gasteiger partial charge in [-0.15, -0.1) is 0 Å². The first kappa shape index (κ1) is 19.2. The van der Waals surface area contributed by atoms with Crippen molar-refractivity contribution in [1.82, 2.24) is 0 Å². The molecule has 0 aromatic heterocycles. The molecule has 28 heavy (non-hydrogen) atoms. The Balaban J connectivity index is 1.58. The molecule has 2 N–H and O–H groups in total. The summed E-state index contributed by atoms with van der Waals surface area (Å²) in [6.07, 6.45) is 9.90. The molecule has 1 saturated heterocycles. The molecule has 4 rings (SSSR count). The number of hydrogen-bond acceptors (Lipinski definition) is 2. The summed E-state index contributed by atoms with van der Waals surface area (Å²) in [5, 5.41) is 11.4. The van der Waals surface area contributed by atoms with E-state index < -0.39 is 5.60 Å². The third kappa shape index (κ3) is 4.01. The van der Waals surface area contributed by atoms with Crippen LogP contribution in [0.3, 0.4) is 0 Å². The van der Waals surface area contributed by atoms with Gasteiger partial charge in [0.1, 0.15) is 11.8 Å². The second kappa shape index (κ2) is 8.50. The molecular weight excluding hydrogens is 346 g/mol. The maximum atomic E-state index is 11.4. The normalized spacial score (nSPS) is 30.1. The summed E-state index contributed by atoms with van der Waals surface area (Å²) in [4.78, 5) is 1.56. The van der Waals surface area contributed by atoms with Gasteiger partial charge in [0.05, 0.1) is 25.8 Å². The van der Waals surface area contributed by atoms with Gasteiger partial charge in [0.15, 0.2) is 0 Å². The number of fused-ring (bicyclic) bond motifs is 1. The highest BCUT2D eigenvalue weighted by Crippen LogP contribution is 2.44. The molecule has 2 aromatic rings. The molecule has 1 heterocycles. The lowest BCUT2D eigenvalue weighted by molar-refractivity contribution is -0.939. The molecule has 1 aliphatic heterocycles. The number of benzene rings is 2. The predicted molar refractivity (Wildman–Crippen MR) is 113 cm³/mol. The summed E-state index contributed by atoms with van der Waals surface area (Å²) in [6.45, 7) is 2.00. The highest BCUT2D eigenvalue weighted by atomic mass is 16.5. The third-order valence-corrected chi connectivity index (χ3v) is 6.75. The lowest BCUT2D eigenvalue weighted by Crippen LogP contribution is -3.14. The first-order valence-corrected chi connectivity index (χ1v) is 10.6. The van der Waals surface area contributed by atoms with E-state index in [-0.39, 0.29) is 0 Å². The van der Waals surface area contributed by atoms with Crippen molar-refractivity contribution in [3.8, 4) is 5.75 Å². The summed E-state index contributed by atoms with van der Waals surface area (Å²) in [5.41, 5.74) is 2.08. The Morgan fingerprint density at radius 2 is 1.86 bits per heavy atom. The number of methoxy groups -OCH3 is 1. The number of quaternary nitrogens is 1. The van der Waals surface area contributed by atoms with Crippen LogP contribution in [0.15, 0.2) is 60.7 Å². The minimum atomic E-state index is -0.491. The second-order valence-corrected chi connectivity index (χ2v) is 8.38. The van der Waals surface area contributed by atoms with Crippen LogP contribution in [-0.2, 0) is 0 Å². The van der Waals surface area contributed by atoms with Crippen LogP contribution in [0.5, 0.6) is 5.75 Å². The molecule has 4 atom stereocenters. The SMILES string of the molecule is COc1ccc([C@@H]2[C@@H]3CCCC[C@@]3(O)CC[NH+]2C/C=C/c2ccccc2)cc1. The Bertz CT molecular complexity index is 786.